The van der Waals surface area contributed by atoms with E-state index < -0.39 is 0 Å². The highest BCUT2D eigenvalue weighted by Gasteiger charge is 2.23. The topological polar surface area (TPSA) is 42.0 Å². The number of carbonyl (C=O) groups excluding carboxylic acids is 1. The first kappa shape index (κ1) is 11.4. The van der Waals surface area contributed by atoms with Gasteiger partial charge in [0.2, 0.25) is 0 Å². The summed E-state index contributed by atoms with van der Waals surface area (Å²) < 4.78 is 0. The molecule has 3 heteroatoms. The van der Waals surface area contributed by atoms with Crippen LogP contribution in [0.1, 0.15) is 23.2 Å². The van der Waals surface area contributed by atoms with Crippen molar-refractivity contribution < 1.29 is 4.79 Å². The van der Waals surface area contributed by atoms with Crippen LogP contribution >= 0.6 is 0 Å². The van der Waals surface area contributed by atoms with Crippen molar-refractivity contribution in [1.29, 1.82) is 0 Å². The number of aromatic nitrogens is 1. The van der Waals surface area contributed by atoms with E-state index in [1.165, 1.54) is 0 Å². The van der Waals surface area contributed by atoms with Crippen LogP contribution in [0, 0.1) is 5.92 Å². The van der Waals surface area contributed by atoms with Crippen LogP contribution in [0.25, 0.3) is 10.9 Å². The summed E-state index contributed by atoms with van der Waals surface area (Å²) in [4.78, 5) is 16.9. The fourth-order valence-corrected chi connectivity index (χ4v) is 2.61. The molecule has 3 rings (SSSR count). The molecule has 1 aromatic carbocycles. The monoisotopic (exact) mass is 240 g/mol. The van der Waals surface area contributed by atoms with Gasteiger partial charge in [-0.3, -0.25) is 9.78 Å². The number of carbonyl (C=O) groups is 1. The number of Topliss-reactive ketones (excluding diaryl/α,β-unsaturated/α-hetero) is 1. The van der Waals surface area contributed by atoms with Gasteiger partial charge in [0.15, 0.2) is 5.78 Å². The number of hydrogen-bond donors (Lipinski definition) is 1. The molecule has 0 unspecified atom stereocenters. The number of fused-ring (bicyclic) bond motifs is 1. The molecule has 2 heterocycles. The Morgan fingerprint density at radius 2 is 1.94 bits per heavy atom. The van der Waals surface area contributed by atoms with E-state index in [1.807, 2.05) is 30.3 Å². The van der Waals surface area contributed by atoms with Crippen molar-refractivity contribution in [2.24, 2.45) is 5.92 Å². The third-order valence-corrected chi connectivity index (χ3v) is 3.61. The Kier molecular flexibility index (Phi) is 3.07. The lowest BCUT2D eigenvalue weighted by Gasteiger charge is -2.21. The fraction of sp³-hybridized carbons (Fsp3) is 0.333. The number of benzene rings is 1. The molecule has 0 atom stereocenters. The van der Waals surface area contributed by atoms with Crippen molar-refractivity contribution in [3.63, 3.8) is 0 Å². The molecule has 2 aromatic rings. The van der Waals surface area contributed by atoms with E-state index in [-0.39, 0.29) is 11.7 Å². The molecule has 0 bridgehead atoms. The van der Waals surface area contributed by atoms with E-state index >= 15 is 0 Å². The van der Waals surface area contributed by atoms with Crippen molar-refractivity contribution in [2.75, 3.05) is 13.1 Å². The number of rotatable bonds is 2. The minimum Gasteiger partial charge on any atom is -0.317 e. The minimum absolute atomic E-state index is 0.152. The molecule has 1 aromatic heterocycles. The molecule has 3 nitrogen and oxygen atoms in total. The standard InChI is InChI=1S/C15H16N2O/c18-15(12-6-9-16-10-7-12)13-5-1-3-11-4-2-8-17-14(11)13/h1-5,8,12,16H,6-7,9-10H2. The van der Waals surface area contributed by atoms with E-state index in [4.69, 9.17) is 0 Å². The molecule has 1 aliphatic rings. The summed E-state index contributed by atoms with van der Waals surface area (Å²) in [5.41, 5.74) is 1.61. The van der Waals surface area contributed by atoms with E-state index in [1.54, 1.807) is 6.20 Å². The number of nitrogens with one attached hydrogen (secondary N) is 1. The maximum atomic E-state index is 12.5. The number of nitrogens with zero attached hydrogens (tertiary/aromatic N) is 1. The van der Waals surface area contributed by atoms with Gasteiger partial charge in [0.05, 0.1) is 5.52 Å². The lowest BCUT2D eigenvalue weighted by Crippen LogP contribution is -2.32. The maximum absolute atomic E-state index is 12.5. The molecule has 0 amide bonds. The Balaban J connectivity index is 2.00. The molecule has 1 aliphatic heterocycles. The average molecular weight is 240 g/mol. The van der Waals surface area contributed by atoms with Gasteiger partial charge in [0.1, 0.15) is 0 Å². The molecule has 0 spiro atoms. The SMILES string of the molecule is O=C(c1cccc2cccnc12)C1CCNCC1. The van der Waals surface area contributed by atoms with Crippen LogP contribution in [-0.2, 0) is 0 Å². The second-order valence-electron chi connectivity index (χ2n) is 4.77. The Labute approximate surface area is 106 Å². The first-order chi connectivity index (χ1) is 8.86. The van der Waals surface area contributed by atoms with Crippen LogP contribution in [-0.4, -0.2) is 23.9 Å². The van der Waals surface area contributed by atoms with Crippen LogP contribution in [0.15, 0.2) is 36.5 Å². The summed E-state index contributed by atoms with van der Waals surface area (Å²) >= 11 is 0. The molecule has 92 valence electrons. The summed E-state index contributed by atoms with van der Waals surface area (Å²) in [6, 6.07) is 9.75. The second kappa shape index (κ2) is 4.86. The van der Waals surface area contributed by atoms with Crippen LogP contribution in [0.2, 0.25) is 0 Å². The Morgan fingerprint density at radius 3 is 2.78 bits per heavy atom. The Bertz CT molecular complexity index is 568. The molecule has 1 fully saturated rings. The Morgan fingerprint density at radius 1 is 1.17 bits per heavy atom. The van der Waals surface area contributed by atoms with E-state index in [0.29, 0.717) is 0 Å². The van der Waals surface area contributed by atoms with Crippen LogP contribution in [0.5, 0.6) is 0 Å². The first-order valence-electron chi connectivity index (χ1n) is 6.45. The summed E-state index contributed by atoms with van der Waals surface area (Å²) in [5, 5.41) is 4.33. The first-order valence-corrected chi connectivity index (χ1v) is 6.45. The lowest BCUT2D eigenvalue weighted by molar-refractivity contribution is 0.0896. The van der Waals surface area contributed by atoms with Crippen molar-refractivity contribution in [3.05, 3.63) is 42.1 Å². The molecule has 0 aliphatic carbocycles. The van der Waals surface area contributed by atoms with Gasteiger partial charge in [-0.1, -0.05) is 18.2 Å². The third kappa shape index (κ3) is 2.02. The Hall–Kier alpha value is -1.74. The number of piperidine rings is 1. The molecule has 18 heavy (non-hydrogen) atoms. The smallest absolute Gasteiger partial charge is 0.168 e. The molecular weight excluding hydrogens is 224 g/mol. The average Bonchev–Trinajstić information content (AvgIpc) is 2.47. The summed E-state index contributed by atoms with van der Waals surface area (Å²) in [6.07, 6.45) is 3.62. The van der Waals surface area contributed by atoms with Crippen molar-refractivity contribution in [2.45, 2.75) is 12.8 Å². The summed E-state index contributed by atoms with van der Waals surface area (Å²) in [6.45, 7) is 1.88. The zero-order valence-electron chi connectivity index (χ0n) is 10.2. The van der Waals surface area contributed by atoms with Gasteiger partial charge in [-0.2, -0.15) is 0 Å². The van der Waals surface area contributed by atoms with Gasteiger partial charge in [-0.15, -0.1) is 0 Å². The lowest BCUT2D eigenvalue weighted by atomic mass is 9.89. The van der Waals surface area contributed by atoms with Gasteiger partial charge in [-0.25, -0.2) is 0 Å². The second-order valence-corrected chi connectivity index (χ2v) is 4.77. The maximum Gasteiger partial charge on any atom is 0.168 e. The predicted molar refractivity (Wildman–Crippen MR) is 71.7 cm³/mol. The molecule has 1 N–H and O–H groups in total. The molecule has 1 saturated heterocycles. The van der Waals surface area contributed by atoms with Crippen LogP contribution in [0.4, 0.5) is 0 Å². The van der Waals surface area contributed by atoms with Gasteiger partial charge in [-0.05, 0) is 38.1 Å². The van der Waals surface area contributed by atoms with Crippen LogP contribution in [0.3, 0.4) is 0 Å². The number of pyridine rings is 1. The fourth-order valence-electron chi connectivity index (χ4n) is 2.61. The highest BCUT2D eigenvalue weighted by Crippen LogP contribution is 2.23. The summed E-state index contributed by atoms with van der Waals surface area (Å²) in [7, 11) is 0. The molecule has 0 saturated carbocycles. The highest BCUT2D eigenvalue weighted by molar-refractivity contribution is 6.07. The predicted octanol–water partition coefficient (Wildman–Crippen LogP) is 2.42. The quantitative estimate of drug-likeness (QED) is 0.820. The molecular formula is C15H16N2O. The van der Waals surface area contributed by atoms with E-state index in [0.717, 1.165) is 42.4 Å². The minimum atomic E-state index is 0.152. The van der Waals surface area contributed by atoms with Crippen LogP contribution < -0.4 is 5.32 Å². The van der Waals surface area contributed by atoms with Crippen molar-refractivity contribution in [1.82, 2.24) is 10.3 Å². The van der Waals surface area contributed by atoms with Crippen molar-refractivity contribution >= 4 is 16.7 Å². The van der Waals surface area contributed by atoms with Gasteiger partial charge in [0.25, 0.3) is 0 Å². The largest absolute Gasteiger partial charge is 0.317 e. The van der Waals surface area contributed by atoms with Crippen molar-refractivity contribution in [3.8, 4) is 0 Å². The number of ketones is 1. The number of para-hydroxylation sites is 1. The highest BCUT2D eigenvalue weighted by atomic mass is 16.1. The van der Waals surface area contributed by atoms with E-state index in [9.17, 15) is 4.79 Å². The zero-order valence-corrected chi connectivity index (χ0v) is 10.2. The van der Waals surface area contributed by atoms with E-state index in [2.05, 4.69) is 10.3 Å². The van der Waals surface area contributed by atoms with Gasteiger partial charge < -0.3 is 5.32 Å². The zero-order chi connectivity index (χ0) is 12.4. The number of hydrogen-bond acceptors (Lipinski definition) is 3. The summed E-state index contributed by atoms with van der Waals surface area (Å²) in [5.74, 6) is 0.402. The van der Waals surface area contributed by atoms with Gasteiger partial charge in [0, 0.05) is 23.1 Å². The normalized spacial score (nSPS) is 16.9. The third-order valence-electron chi connectivity index (χ3n) is 3.61. The molecule has 0 radical (unpaired) electrons. The van der Waals surface area contributed by atoms with Gasteiger partial charge >= 0.3 is 0 Å².